The maximum absolute atomic E-state index is 13.4. The summed E-state index contributed by atoms with van der Waals surface area (Å²) in [6, 6.07) is 11.8. The van der Waals surface area contributed by atoms with Crippen LogP contribution in [0.2, 0.25) is 0 Å². The highest BCUT2D eigenvalue weighted by Crippen LogP contribution is 2.27. The van der Waals surface area contributed by atoms with Crippen molar-refractivity contribution in [2.24, 2.45) is 0 Å². The van der Waals surface area contributed by atoms with Crippen molar-refractivity contribution in [1.29, 1.82) is 0 Å². The number of morpholine rings is 1. The predicted octanol–water partition coefficient (Wildman–Crippen LogP) is 3.15. The third-order valence-electron chi connectivity index (χ3n) is 5.25. The van der Waals surface area contributed by atoms with Crippen LogP contribution in [0.1, 0.15) is 5.89 Å². The van der Waals surface area contributed by atoms with Crippen LogP contribution < -0.4 is 0 Å². The van der Waals surface area contributed by atoms with E-state index in [2.05, 4.69) is 34.8 Å². The lowest BCUT2D eigenvalue weighted by Crippen LogP contribution is -2.38. The molecule has 0 aliphatic carbocycles. The zero-order chi connectivity index (χ0) is 22.5. The van der Waals surface area contributed by atoms with Crippen molar-refractivity contribution in [3.63, 3.8) is 0 Å². The quantitative estimate of drug-likeness (QED) is 0.362. The number of pyridine rings is 1. The molecule has 1 aromatic carbocycles. The maximum Gasteiger partial charge on any atom is 0.237 e. The molecule has 1 aliphatic heterocycles. The Morgan fingerprint density at radius 2 is 1.85 bits per heavy atom. The van der Waals surface area contributed by atoms with E-state index in [-0.39, 0.29) is 5.82 Å². The summed E-state index contributed by atoms with van der Waals surface area (Å²) in [5.74, 6) is 1.79. The number of hydrogen-bond acceptors (Lipinski definition) is 9. The van der Waals surface area contributed by atoms with Gasteiger partial charge in [-0.15, -0.1) is 10.2 Å². The first-order valence-corrected chi connectivity index (χ1v) is 11.6. The van der Waals surface area contributed by atoms with Crippen LogP contribution in [0.4, 0.5) is 4.39 Å². The van der Waals surface area contributed by atoms with Crippen molar-refractivity contribution in [2.75, 3.05) is 32.8 Å². The molecule has 0 saturated carbocycles. The SMILES string of the molecule is Fc1ccc(-c2nnc(SCc3nc(-c4ccccn4)no3)n2CCN2CCOCC2)cc1. The highest BCUT2D eigenvalue weighted by atomic mass is 32.2. The van der Waals surface area contributed by atoms with E-state index in [0.29, 0.717) is 35.5 Å². The standard InChI is InChI=1S/C22H22FN7O2S/c23-17-6-4-16(5-7-17)21-26-27-22(30(21)10-9-29-11-13-31-14-12-29)33-15-19-25-20(28-32-19)18-3-1-2-8-24-18/h1-8H,9-15H2. The van der Waals surface area contributed by atoms with E-state index < -0.39 is 0 Å². The Morgan fingerprint density at radius 1 is 1.00 bits per heavy atom. The van der Waals surface area contributed by atoms with Gasteiger partial charge >= 0.3 is 0 Å². The average Bonchev–Trinajstić information content (AvgIpc) is 3.50. The van der Waals surface area contributed by atoms with Gasteiger partial charge in [-0.2, -0.15) is 4.98 Å². The predicted molar refractivity (Wildman–Crippen MR) is 120 cm³/mol. The normalized spacial score (nSPS) is 14.6. The Bertz CT molecular complexity index is 1180. The average molecular weight is 468 g/mol. The van der Waals surface area contributed by atoms with E-state index in [1.807, 2.05) is 18.2 Å². The Morgan fingerprint density at radius 3 is 2.64 bits per heavy atom. The third-order valence-corrected chi connectivity index (χ3v) is 6.20. The monoisotopic (exact) mass is 467 g/mol. The van der Waals surface area contributed by atoms with Gasteiger partial charge in [0.2, 0.25) is 11.7 Å². The van der Waals surface area contributed by atoms with Gasteiger partial charge in [0.15, 0.2) is 11.0 Å². The minimum Gasteiger partial charge on any atom is -0.379 e. The molecule has 5 rings (SSSR count). The molecule has 0 unspecified atom stereocenters. The van der Waals surface area contributed by atoms with E-state index in [1.54, 1.807) is 18.3 Å². The van der Waals surface area contributed by atoms with E-state index >= 15 is 0 Å². The lowest BCUT2D eigenvalue weighted by Gasteiger charge is -2.27. The highest BCUT2D eigenvalue weighted by molar-refractivity contribution is 7.98. The van der Waals surface area contributed by atoms with Gasteiger partial charge in [0.05, 0.1) is 19.0 Å². The molecule has 170 valence electrons. The van der Waals surface area contributed by atoms with Gasteiger partial charge in [0.25, 0.3) is 0 Å². The molecule has 1 saturated heterocycles. The fourth-order valence-corrected chi connectivity index (χ4v) is 4.32. The number of ether oxygens (including phenoxy) is 1. The topological polar surface area (TPSA) is 95.0 Å². The minimum atomic E-state index is -0.284. The molecule has 11 heteroatoms. The van der Waals surface area contributed by atoms with Crippen molar-refractivity contribution in [3.8, 4) is 22.9 Å². The zero-order valence-corrected chi connectivity index (χ0v) is 18.6. The first-order chi connectivity index (χ1) is 16.3. The zero-order valence-electron chi connectivity index (χ0n) is 17.8. The Labute approximate surface area is 194 Å². The Balaban J connectivity index is 1.33. The van der Waals surface area contributed by atoms with Gasteiger partial charge < -0.3 is 13.8 Å². The third kappa shape index (κ3) is 5.27. The van der Waals surface area contributed by atoms with Gasteiger partial charge in [0.1, 0.15) is 11.5 Å². The molecular weight excluding hydrogens is 445 g/mol. The van der Waals surface area contributed by atoms with Crippen LogP contribution in [0.3, 0.4) is 0 Å². The van der Waals surface area contributed by atoms with Crippen LogP contribution >= 0.6 is 11.8 Å². The molecule has 0 spiro atoms. The summed E-state index contributed by atoms with van der Waals surface area (Å²) in [5.41, 5.74) is 1.47. The van der Waals surface area contributed by atoms with Crippen molar-refractivity contribution in [2.45, 2.75) is 17.5 Å². The largest absolute Gasteiger partial charge is 0.379 e. The summed E-state index contributed by atoms with van der Waals surface area (Å²) in [4.78, 5) is 11.0. The van der Waals surface area contributed by atoms with Crippen LogP contribution in [-0.4, -0.2) is 67.6 Å². The number of aromatic nitrogens is 6. The number of halogens is 1. The van der Waals surface area contributed by atoms with Crippen LogP contribution in [0.5, 0.6) is 0 Å². The number of thioether (sulfide) groups is 1. The number of hydrogen-bond donors (Lipinski definition) is 0. The first kappa shape index (κ1) is 21.7. The molecule has 9 nitrogen and oxygen atoms in total. The van der Waals surface area contributed by atoms with Crippen molar-refractivity contribution >= 4 is 11.8 Å². The first-order valence-electron chi connectivity index (χ1n) is 10.6. The molecule has 4 aromatic rings. The molecule has 0 radical (unpaired) electrons. The molecule has 0 amide bonds. The Hall–Kier alpha value is -3.15. The second-order valence-corrected chi connectivity index (χ2v) is 8.38. The van der Waals surface area contributed by atoms with Crippen LogP contribution in [-0.2, 0) is 17.0 Å². The second kappa shape index (κ2) is 10.2. The molecule has 1 fully saturated rings. The fourth-order valence-electron chi connectivity index (χ4n) is 3.51. The summed E-state index contributed by atoms with van der Waals surface area (Å²) in [5, 5.41) is 13.5. The van der Waals surface area contributed by atoms with Crippen molar-refractivity contribution in [3.05, 3.63) is 60.4 Å². The van der Waals surface area contributed by atoms with E-state index in [4.69, 9.17) is 9.26 Å². The minimum absolute atomic E-state index is 0.284. The van der Waals surface area contributed by atoms with E-state index in [1.165, 1.54) is 23.9 Å². The van der Waals surface area contributed by atoms with Crippen molar-refractivity contribution < 1.29 is 13.7 Å². The van der Waals surface area contributed by atoms with Gasteiger partial charge in [0, 0.05) is 37.9 Å². The molecular formula is C22H22FN7O2S. The second-order valence-electron chi connectivity index (χ2n) is 7.43. The summed E-state index contributed by atoms with van der Waals surface area (Å²) >= 11 is 1.47. The highest BCUT2D eigenvalue weighted by Gasteiger charge is 2.18. The molecule has 3 aromatic heterocycles. The van der Waals surface area contributed by atoms with E-state index in [0.717, 1.165) is 43.6 Å². The molecule has 0 N–H and O–H groups in total. The lowest BCUT2D eigenvalue weighted by atomic mass is 10.2. The molecule has 1 aliphatic rings. The van der Waals surface area contributed by atoms with Crippen LogP contribution in [0.15, 0.2) is 58.3 Å². The van der Waals surface area contributed by atoms with Gasteiger partial charge in [-0.25, -0.2) is 4.39 Å². The number of benzene rings is 1. The summed E-state index contributed by atoms with van der Waals surface area (Å²) in [6.07, 6.45) is 1.69. The molecule has 0 atom stereocenters. The molecule has 0 bridgehead atoms. The smallest absolute Gasteiger partial charge is 0.237 e. The van der Waals surface area contributed by atoms with Crippen LogP contribution in [0, 0.1) is 5.82 Å². The maximum atomic E-state index is 13.4. The fraction of sp³-hybridized carbons (Fsp3) is 0.318. The van der Waals surface area contributed by atoms with Crippen molar-refractivity contribution in [1.82, 2.24) is 34.8 Å². The summed E-state index contributed by atoms with van der Waals surface area (Å²) < 4.78 is 26.3. The Kier molecular flexibility index (Phi) is 6.70. The van der Waals surface area contributed by atoms with Gasteiger partial charge in [-0.3, -0.25) is 9.88 Å². The summed E-state index contributed by atoms with van der Waals surface area (Å²) in [6.45, 7) is 4.82. The molecule has 4 heterocycles. The molecule has 33 heavy (non-hydrogen) atoms. The van der Waals surface area contributed by atoms with Gasteiger partial charge in [-0.1, -0.05) is 23.0 Å². The van der Waals surface area contributed by atoms with Crippen LogP contribution in [0.25, 0.3) is 22.9 Å². The van der Waals surface area contributed by atoms with Gasteiger partial charge in [-0.05, 0) is 36.4 Å². The number of nitrogens with zero attached hydrogens (tertiary/aromatic N) is 7. The number of rotatable bonds is 8. The summed E-state index contributed by atoms with van der Waals surface area (Å²) in [7, 11) is 0. The van der Waals surface area contributed by atoms with E-state index in [9.17, 15) is 4.39 Å². The lowest BCUT2D eigenvalue weighted by molar-refractivity contribution is 0.0361.